The first-order valence-corrected chi connectivity index (χ1v) is 11.7. The number of halogens is 1. The van der Waals surface area contributed by atoms with Gasteiger partial charge in [-0.15, -0.1) is 11.3 Å². The summed E-state index contributed by atoms with van der Waals surface area (Å²) in [6.45, 7) is 8.03. The minimum absolute atomic E-state index is 0.190. The summed E-state index contributed by atoms with van der Waals surface area (Å²) in [6.07, 6.45) is 6.97. The molecule has 0 amide bonds. The van der Waals surface area contributed by atoms with Crippen molar-refractivity contribution in [2.75, 3.05) is 0 Å². The Hall–Kier alpha value is -3.77. The first-order chi connectivity index (χ1) is 16.1. The first kappa shape index (κ1) is 21.1. The van der Waals surface area contributed by atoms with E-state index >= 15 is 0 Å². The van der Waals surface area contributed by atoms with Gasteiger partial charge in [-0.25, -0.2) is 4.98 Å². The lowest BCUT2D eigenvalue weighted by molar-refractivity contribution is 0.657. The van der Waals surface area contributed by atoms with Crippen LogP contribution in [0.25, 0.3) is 49.3 Å². The molecule has 0 bridgehead atoms. The maximum atomic E-state index is 13.6. The molecule has 4 aromatic heterocycles. The smallest absolute Gasteiger partial charge is 0.176 e. The fraction of sp³-hybridized carbons (Fsp3) is 0.111. The molecule has 0 aliphatic heterocycles. The van der Waals surface area contributed by atoms with Gasteiger partial charge in [-0.3, -0.25) is 5.10 Å². The molecule has 4 heterocycles. The molecule has 5 rings (SSSR count). The van der Waals surface area contributed by atoms with Gasteiger partial charge in [-0.2, -0.15) is 9.49 Å². The van der Waals surface area contributed by atoms with Crippen molar-refractivity contribution in [1.82, 2.24) is 20.2 Å². The van der Waals surface area contributed by atoms with Crippen LogP contribution in [0.1, 0.15) is 26.0 Å². The predicted octanol–water partition coefficient (Wildman–Crippen LogP) is 7.90. The number of nitrogens with zero attached hydrogens (tertiary/aromatic N) is 2. The number of rotatable bonds is 6. The Labute approximate surface area is 195 Å². The molecule has 4 nitrogen and oxygen atoms in total. The molecule has 33 heavy (non-hydrogen) atoms. The van der Waals surface area contributed by atoms with Crippen LogP contribution >= 0.6 is 11.3 Å². The molecule has 0 radical (unpaired) electrons. The van der Waals surface area contributed by atoms with Gasteiger partial charge < -0.3 is 4.98 Å². The van der Waals surface area contributed by atoms with Crippen molar-refractivity contribution in [3.8, 4) is 21.8 Å². The molecule has 0 aliphatic rings. The van der Waals surface area contributed by atoms with Crippen LogP contribution in [0.15, 0.2) is 78.9 Å². The number of benzene rings is 1. The van der Waals surface area contributed by atoms with Crippen molar-refractivity contribution in [2.24, 2.45) is 0 Å². The Morgan fingerprint density at radius 1 is 1.15 bits per heavy atom. The Morgan fingerprint density at radius 2 is 2.03 bits per heavy atom. The zero-order chi connectivity index (χ0) is 22.9. The topological polar surface area (TPSA) is 57.4 Å². The van der Waals surface area contributed by atoms with Gasteiger partial charge >= 0.3 is 0 Å². The van der Waals surface area contributed by atoms with Crippen molar-refractivity contribution >= 4 is 38.8 Å². The number of aromatic amines is 2. The average molecular weight is 455 g/mol. The van der Waals surface area contributed by atoms with E-state index in [1.807, 2.05) is 49.4 Å². The molecule has 6 heteroatoms. The Morgan fingerprint density at radius 3 is 2.76 bits per heavy atom. The van der Waals surface area contributed by atoms with Gasteiger partial charge in [0.25, 0.3) is 0 Å². The lowest BCUT2D eigenvalue weighted by atomic mass is 10.1. The Kier molecular flexibility index (Phi) is 5.52. The van der Waals surface area contributed by atoms with Gasteiger partial charge in [0.1, 0.15) is 11.2 Å². The summed E-state index contributed by atoms with van der Waals surface area (Å²) in [6, 6.07) is 15.4. The van der Waals surface area contributed by atoms with E-state index in [-0.39, 0.29) is 5.13 Å². The molecule has 5 aromatic rings. The zero-order valence-corrected chi connectivity index (χ0v) is 19.3. The summed E-state index contributed by atoms with van der Waals surface area (Å²) >= 11 is 1.15. The van der Waals surface area contributed by atoms with Crippen LogP contribution in [-0.4, -0.2) is 20.2 Å². The highest BCUT2D eigenvalue weighted by molar-refractivity contribution is 7.14. The molecular weight excluding hydrogens is 431 g/mol. The number of allylic oxidation sites excluding steroid dienone is 5. The number of fused-ring (bicyclic) bond motifs is 2. The minimum Gasteiger partial charge on any atom is -0.353 e. The van der Waals surface area contributed by atoms with E-state index in [1.165, 1.54) is 6.07 Å². The summed E-state index contributed by atoms with van der Waals surface area (Å²) in [4.78, 5) is 9.32. The normalized spacial score (nSPS) is 12.7. The maximum Gasteiger partial charge on any atom is 0.176 e. The van der Waals surface area contributed by atoms with Crippen LogP contribution in [0.4, 0.5) is 4.39 Å². The molecule has 0 unspecified atom stereocenters. The van der Waals surface area contributed by atoms with Crippen molar-refractivity contribution in [3.63, 3.8) is 0 Å². The van der Waals surface area contributed by atoms with Gasteiger partial charge in [0.15, 0.2) is 5.13 Å². The second-order valence-electron chi connectivity index (χ2n) is 7.74. The van der Waals surface area contributed by atoms with Crippen LogP contribution in [-0.2, 0) is 0 Å². The first-order valence-electron chi connectivity index (χ1n) is 10.8. The van der Waals surface area contributed by atoms with Crippen LogP contribution in [0.3, 0.4) is 0 Å². The molecule has 0 saturated carbocycles. The highest BCUT2D eigenvalue weighted by Gasteiger charge is 2.16. The summed E-state index contributed by atoms with van der Waals surface area (Å²) < 4.78 is 13.6. The average Bonchev–Trinajstić information content (AvgIpc) is 3.56. The van der Waals surface area contributed by atoms with Gasteiger partial charge in [-0.05, 0) is 67.0 Å². The van der Waals surface area contributed by atoms with Gasteiger partial charge in [-0.1, -0.05) is 37.8 Å². The molecule has 0 fully saturated rings. The van der Waals surface area contributed by atoms with Crippen molar-refractivity contribution in [1.29, 1.82) is 0 Å². The number of pyridine rings is 1. The van der Waals surface area contributed by atoms with E-state index in [9.17, 15) is 4.39 Å². The third-order valence-corrected chi connectivity index (χ3v) is 6.69. The molecule has 0 atom stereocenters. The number of thiophene rings is 1. The fourth-order valence-corrected chi connectivity index (χ4v) is 4.78. The van der Waals surface area contributed by atoms with E-state index in [4.69, 9.17) is 4.98 Å². The summed E-state index contributed by atoms with van der Waals surface area (Å²) in [5.41, 5.74) is 8.33. The monoisotopic (exact) mass is 454 g/mol. The quantitative estimate of drug-likeness (QED) is 0.256. The van der Waals surface area contributed by atoms with Crippen molar-refractivity contribution in [3.05, 3.63) is 89.7 Å². The van der Waals surface area contributed by atoms with E-state index in [0.717, 1.165) is 78.4 Å². The minimum atomic E-state index is -0.190. The zero-order valence-electron chi connectivity index (χ0n) is 18.4. The highest BCUT2D eigenvalue weighted by Crippen LogP contribution is 2.36. The Bertz CT molecular complexity index is 1550. The lowest BCUT2D eigenvalue weighted by Crippen LogP contribution is -1.90. The van der Waals surface area contributed by atoms with E-state index in [1.54, 1.807) is 0 Å². The largest absolute Gasteiger partial charge is 0.353 e. The van der Waals surface area contributed by atoms with E-state index in [0.29, 0.717) is 0 Å². The second kappa shape index (κ2) is 8.64. The SMILES string of the molecule is C=C/C(=C\C(=C/C)c1ccc2[nH]nc(-c3cc4c(-c5ccc(F)s5)cccc4[nH]3)c2n1)CC. The molecule has 0 saturated heterocycles. The fourth-order valence-electron chi connectivity index (χ4n) is 4.01. The third kappa shape index (κ3) is 3.83. The van der Waals surface area contributed by atoms with Gasteiger partial charge in [0.05, 0.1) is 16.9 Å². The van der Waals surface area contributed by atoms with Crippen molar-refractivity contribution < 1.29 is 4.39 Å². The van der Waals surface area contributed by atoms with Crippen molar-refractivity contribution in [2.45, 2.75) is 20.3 Å². The van der Waals surface area contributed by atoms with E-state index < -0.39 is 0 Å². The predicted molar refractivity (Wildman–Crippen MR) is 137 cm³/mol. The van der Waals surface area contributed by atoms with E-state index in [2.05, 4.69) is 46.9 Å². The number of hydrogen-bond acceptors (Lipinski definition) is 3. The number of H-pyrrole nitrogens is 2. The summed E-state index contributed by atoms with van der Waals surface area (Å²) in [5, 5.41) is 8.49. The maximum absolute atomic E-state index is 13.6. The molecule has 1 aromatic carbocycles. The van der Waals surface area contributed by atoms with Crippen LogP contribution in [0.5, 0.6) is 0 Å². The number of aromatic nitrogens is 4. The van der Waals surface area contributed by atoms with Gasteiger partial charge in [0, 0.05) is 21.3 Å². The van der Waals surface area contributed by atoms with Crippen LogP contribution in [0.2, 0.25) is 0 Å². The van der Waals surface area contributed by atoms with Crippen LogP contribution in [0, 0.1) is 5.13 Å². The third-order valence-electron chi connectivity index (χ3n) is 5.78. The number of hydrogen-bond donors (Lipinski definition) is 2. The van der Waals surface area contributed by atoms with Gasteiger partial charge in [0.2, 0.25) is 0 Å². The van der Waals surface area contributed by atoms with Crippen LogP contribution < -0.4 is 0 Å². The summed E-state index contributed by atoms with van der Waals surface area (Å²) in [7, 11) is 0. The molecule has 0 aliphatic carbocycles. The second-order valence-corrected chi connectivity index (χ2v) is 8.77. The highest BCUT2D eigenvalue weighted by atomic mass is 32.1. The molecule has 164 valence electrons. The number of nitrogens with one attached hydrogen (secondary N) is 2. The summed E-state index contributed by atoms with van der Waals surface area (Å²) in [5.74, 6) is 0. The molecule has 0 spiro atoms. The lowest BCUT2D eigenvalue weighted by Gasteiger charge is -2.04. The Balaban J connectivity index is 1.63. The standard InChI is InChI=1S/C27H23FN4S/c1-4-16(5-2)14-17(6-3)20-10-11-22-26(30-20)27(32-31-22)23-15-19-18(8-7-9-21(19)29-23)24-12-13-25(28)33-24/h4,6-15,29H,1,5H2,2-3H3,(H,31,32)/b16-14+,17-6+. The molecular formula is C27H23FN4S. The molecule has 2 N–H and O–H groups in total.